The molecule has 0 aliphatic heterocycles. The van der Waals surface area contributed by atoms with E-state index >= 15 is 0 Å². The van der Waals surface area contributed by atoms with E-state index in [1.54, 1.807) is 56.3 Å². The number of nitrogens with zero attached hydrogens (tertiary/aromatic N) is 1. The van der Waals surface area contributed by atoms with Crippen molar-refractivity contribution in [1.29, 1.82) is 0 Å². The number of halogens is 3. The predicted octanol–water partition coefficient (Wildman–Crippen LogP) is 7.49. The summed E-state index contributed by atoms with van der Waals surface area (Å²) in [7, 11) is 0. The normalized spacial score (nSPS) is 11.1. The molecule has 0 saturated carbocycles. The van der Waals surface area contributed by atoms with Gasteiger partial charge in [0.05, 0.1) is 22.2 Å². The van der Waals surface area contributed by atoms with Gasteiger partial charge in [-0.25, -0.2) is 4.79 Å². The molecule has 0 amide bonds. The van der Waals surface area contributed by atoms with Crippen LogP contribution < -0.4 is 9.47 Å². The highest BCUT2D eigenvalue weighted by molar-refractivity contribution is 6.36. The van der Waals surface area contributed by atoms with Crippen LogP contribution in [0.15, 0.2) is 59.6 Å². The van der Waals surface area contributed by atoms with Crippen LogP contribution in [0.25, 0.3) is 0 Å². The number of benzene rings is 3. The van der Waals surface area contributed by atoms with Crippen LogP contribution in [0.2, 0.25) is 15.1 Å². The van der Waals surface area contributed by atoms with E-state index < -0.39 is 17.9 Å². The van der Waals surface area contributed by atoms with Crippen LogP contribution in [0.5, 0.6) is 11.5 Å². The van der Waals surface area contributed by atoms with Crippen LogP contribution in [0.4, 0.5) is 5.69 Å². The molecular weight excluding hydrogens is 485 g/mol. The van der Waals surface area contributed by atoms with Crippen LogP contribution in [-0.4, -0.2) is 18.2 Å². The maximum Gasteiger partial charge on any atom is 0.343 e. The van der Waals surface area contributed by atoms with Crippen molar-refractivity contribution in [2.45, 2.75) is 20.8 Å². The molecule has 5 nitrogen and oxygen atoms in total. The molecule has 170 valence electrons. The Morgan fingerprint density at radius 2 is 1.70 bits per heavy atom. The van der Waals surface area contributed by atoms with Crippen molar-refractivity contribution < 1.29 is 19.1 Å². The SMILES string of the molecule is Cc1cccc(C(=O)Oc2cc(Cl)cc(C=Nc3ccc(Cl)cc3Cl)c2OC(=O)C(C)C)c1. The molecule has 0 spiro atoms. The number of carbonyl (C=O) groups excluding carboxylic acids is 2. The first-order valence-corrected chi connectivity index (χ1v) is 11.1. The zero-order valence-electron chi connectivity index (χ0n) is 18.1. The van der Waals surface area contributed by atoms with Crippen LogP contribution >= 0.6 is 34.8 Å². The zero-order valence-corrected chi connectivity index (χ0v) is 20.3. The Labute approximate surface area is 206 Å². The molecule has 0 heterocycles. The highest BCUT2D eigenvalue weighted by Gasteiger charge is 2.21. The molecule has 0 bridgehead atoms. The Morgan fingerprint density at radius 3 is 2.36 bits per heavy atom. The minimum absolute atomic E-state index is 0.00772. The van der Waals surface area contributed by atoms with Gasteiger partial charge in [-0.05, 0) is 43.3 Å². The molecule has 0 fully saturated rings. The Hall–Kier alpha value is -2.86. The van der Waals surface area contributed by atoms with Gasteiger partial charge in [-0.3, -0.25) is 9.79 Å². The van der Waals surface area contributed by atoms with Gasteiger partial charge in [0.15, 0.2) is 11.5 Å². The number of aryl methyl sites for hydroxylation is 1. The Kier molecular flexibility index (Phi) is 8.14. The van der Waals surface area contributed by atoms with Gasteiger partial charge in [0.2, 0.25) is 0 Å². The molecule has 3 aromatic rings. The standard InChI is InChI=1S/C25H20Cl3NO4/c1-14(2)24(30)33-23-17(13-29-21-8-7-18(26)11-20(21)28)10-19(27)12-22(23)32-25(31)16-6-4-5-15(3)9-16/h4-14H,1-3H3. The second kappa shape index (κ2) is 10.8. The van der Waals surface area contributed by atoms with Gasteiger partial charge in [-0.1, -0.05) is 66.3 Å². The van der Waals surface area contributed by atoms with Crippen LogP contribution in [0, 0.1) is 12.8 Å². The molecule has 0 radical (unpaired) electrons. The molecule has 0 aliphatic rings. The quantitative estimate of drug-likeness (QED) is 0.198. The molecule has 0 saturated heterocycles. The minimum atomic E-state index is -0.619. The van der Waals surface area contributed by atoms with Crippen molar-refractivity contribution in [2.75, 3.05) is 0 Å². The van der Waals surface area contributed by atoms with Crippen molar-refractivity contribution in [3.63, 3.8) is 0 Å². The van der Waals surface area contributed by atoms with Gasteiger partial charge < -0.3 is 9.47 Å². The summed E-state index contributed by atoms with van der Waals surface area (Å²) in [5, 5.41) is 1.07. The van der Waals surface area contributed by atoms with Crippen LogP contribution in [0.3, 0.4) is 0 Å². The summed E-state index contributed by atoms with van der Waals surface area (Å²) in [6.45, 7) is 5.25. The van der Waals surface area contributed by atoms with Gasteiger partial charge in [-0.2, -0.15) is 0 Å². The highest BCUT2D eigenvalue weighted by Crippen LogP contribution is 2.36. The number of aliphatic imine (C=N–C) groups is 1. The van der Waals surface area contributed by atoms with E-state index in [-0.39, 0.29) is 16.5 Å². The number of esters is 2. The first kappa shape index (κ1) is 24.8. The molecule has 0 atom stereocenters. The van der Waals surface area contributed by atoms with Crippen molar-refractivity contribution in [3.05, 3.63) is 86.4 Å². The van der Waals surface area contributed by atoms with E-state index in [0.29, 0.717) is 26.9 Å². The lowest BCUT2D eigenvalue weighted by Crippen LogP contribution is -2.17. The van der Waals surface area contributed by atoms with E-state index in [1.165, 1.54) is 12.3 Å². The number of rotatable bonds is 6. The predicted molar refractivity (Wildman–Crippen MR) is 132 cm³/mol. The van der Waals surface area contributed by atoms with Gasteiger partial charge in [0.1, 0.15) is 0 Å². The van der Waals surface area contributed by atoms with Crippen molar-refractivity contribution in [3.8, 4) is 11.5 Å². The van der Waals surface area contributed by atoms with Gasteiger partial charge >= 0.3 is 11.9 Å². The lowest BCUT2D eigenvalue weighted by Gasteiger charge is -2.15. The smallest absolute Gasteiger partial charge is 0.343 e. The molecule has 3 aromatic carbocycles. The molecule has 33 heavy (non-hydrogen) atoms. The molecule has 0 aromatic heterocycles. The Bertz CT molecular complexity index is 1240. The third-order valence-corrected chi connectivity index (χ3v) is 5.19. The molecule has 0 aliphatic carbocycles. The third-order valence-electron chi connectivity index (χ3n) is 4.43. The van der Waals surface area contributed by atoms with Gasteiger partial charge in [-0.15, -0.1) is 0 Å². The summed E-state index contributed by atoms with van der Waals surface area (Å²) in [4.78, 5) is 29.5. The molecule has 0 unspecified atom stereocenters. The maximum absolute atomic E-state index is 12.7. The number of ether oxygens (including phenoxy) is 2. The summed E-state index contributed by atoms with van der Waals surface area (Å²) in [6, 6.07) is 14.7. The number of hydrogen-bond donors (Lipinski definition) is 0. The Morgan fingerprint density at radius 1 is 0.939 bits per heavy atom. The second-order valence-corrected chi connectivity index (χ2v) is 8.79. The first-order chi connectivity index (χ1) is 15.6. The van der Waals surface area contributed by atoms with Crippen LogP contribution in [0.1, 0.15) is 35.3 Å². The van der Waals surface area contributed by atoms with E-state index in [2.05, 4.69) is 4.99 Å². The van der Waals surface area contributed by atoms with Crippen molar-refractivity contribution in [1.82, 2.24) is 0 Å². The average Bonchev–Trinajstić information content (AvgIpc) is 2.74. The zero-order chi connectivity index (χ0) is 24.1. The minimum Gasteiger partial charge on any atom is -0.422 e. The topological polar surface area (TPSA) is 65.0 Å². The molecular formula is C25H20Cl3NO4. The lowest BCUT2D eigenvalue weighted by molar-refractivity contribution is -0.137. The average molecular weight is 505 g/mol. The molecule has 3 rings (SSSR count). The fraction of sp³-hybridized carbons (Fsp3) is 0.160. The van der Waals surface area contributed by atoms with Crippen molar-refractivity contribution >= 4 is 58.6 Å². The van der Waals surface area contributed by atoms with E-state index in [9.17, 15) is 9.59 Å². The summed E-state index contributed by atoms with van der Waals surface area (Å²) in [6.07, 6.45) is 1.42. The van der Waals surface area contributed by atoms with Crippen molar-refractivity contribution in [2.24, 2.45) is 10.9 Å². The third kappa shape index (κ3) is 6.57. The fourth-order valence-corrected chi connectivity index (χ4v) is 3.42. The first-order valence-electron chi connectivity index (χ1n) is 9.97. The Balaban J connectivity index is 2.04. The molecule has 0 N–H and O–H groups in total. The summed E-state index contributed by atoms with van der Waals surface area (Å²) < 4.78 is 11.1. The van der Waals surface area contributed by atoms with Gasteiger partial charge in [0, 0.05) is 27.9 Å². The van der Waals surface area contributed by atoms with E-state index in [4.69, 9.17) is 44.3 Å². The maximum atomic E-state index is 12.7. The monoisotopic (exact) mass is 503 g/mol. The number of hydrogen-bond acceptors (Lipinski definition) is 5. The van der Waals surface area contributed by atoms with Gasteiger partial charge in [0.25, 0.3) is 0 Å². The summed E-state index contributed by atoms with van der Waals surface area (Å²) >= 11 is 18.4. The number of carbonyl (C=O) groups is 2. The largest absolute Gasteiger partial charge is 0.422 e. The second-order valence-electron chi connectivity index (χ2n) is 7.51. The lowest BCUT2D eigenvalue weighted by atomic mass is 10.1. The molecule has 8 heteroatoms. The van der Waals surface area contributed by atoms with E-state index in [0.717, 1.165) is 5.56 Å². The summed E-state index contributed by atoms with van der Waals surface area (Å²) in [5.74, 6) is -1.54. The van der Waals surface area contributed by atoms with Crippen LogP contribution in [-0.2, 0) is 4.79 Å². The highest BCUT2D eigenvalue weighted by atomic mass is 35.5. The fourth-order valence-electron chi connectivity index (χ4n) is 2.74. The summed E-state index contributed by atoms with van der Waals surface area (Å²) in [5.41, 5.74) is 2.02. The van der Waals surface area contributed by atoms with E-state index in [1.807, 2.05) is 13.0 Å².